The average Bonchev–Trinajstić information content (AvgIpc) is 3.17. The van der Waals surface area contributed by atoms with Crippen molar-refractivity contribution < 1.29 is 14.3 Å². The first-order chi connectivity index (χ1) is 12.2. The molecule has 1 atom stereocenters. The molecule has 5 heteroatoms. The van der Waals surface area contributed by atoms with Crippen LogP contribution >= 0.6 is 0 Å². The summed E-state index contributed by atoms with van der Waals surface area (Å²) in [4.78, 5) is 14.7. The van der Waals surface area contributed by atoms with Crippen LogP contribution in [0.2, 0.25) is 0 Å². The summed E-state index contributed by atoms with van der Waals surface area (Å²) in [5.74, 6) is 0.967. The van der Waals surface area contributed by atoms with Gasteiger partial charge in [0.1, 0.15) is 0 Å². The van der Waals surface area contributed by atoms with Gasteiger partial charge >= 0.3 is 0 Å². The molecule has 0 aliphatic carbocycles. The lowest BCUT2D eigenvalue weighted by Gasteiger charge is -2.19. The molecule has 1 saturated heterocycles. The summed E-state index contributed by atoms with van der Waals surface area (Å²) in [6, 6.07) is 15.3. The van der Waals surface area contributed by atoms with Gasteiger partial charge < -0.3 is 19.7 Å². The van der Waals surface area contributed by atoms with Gasteiger partial charge in [-0.05, 0) is 56.2 Å². The molecule has 0 unspecified atom stereocenters. The number of nitrogens with one attached hydrogen (secondary N) is 1. The molecule has 25 heavy (non-hydrogen) atoms. The zero-order valence-corrected chi connectivity index (χ0v) is 14.7. The van der Waals surface area contributed by atoms with E-state index in [-0.39, 0.29) is 5.91 Å². The summed E-state index contributed by atoms with van der Waals surface area (Å²) in [5.41, 5.74) is 1.97. The largest absolute Gasteiger partial charge is 0.493 e. The van der Waals surface area contributed by atoms with Crippen LogP contribution in [-0.4, -0.2) is 32.2 Å². The number of para-hydroxylation sites is 2. The number of ether oxygens (including phenoxy) is 2. The van der Waals surface area contributed by atoms with Crippen molar-refractivity contribution >= 4 is 17.3 Å². The summed E-state index contributed by atoms with van der Waals surface area (Å²) in [6.45, 7) is 3.94. The quantitative estimate of drug-likeness (QED) is 0.871. The minimum absolute atomic E-state index is 0.195. The normalized spacial score (nSPS) is 14.9. The predicted octanol–water partition coefficient (Wildman–Crippen LogP) is 3.70. The van der Waals surface area contributed by atoms with Gasteiger partial charge in [-0.25, -0.2) is 0 Å². The number of hydrogen-bond donors (Lipinski definition) is 1. The standard InChI is InChI=1S/C20H24N2O3/c1-15(25-19-8-4-3-7-18(19)24-2)20(23)21-16-9-11-17(12-10-16)22-13-5-6-14-22/h3-4,7-12,15H,5-6,13-14H2,1-2H3,(H,21,23)/t15-/m0/s1. The summed E-state index contributed by atoms with van der Waals surface area (Å²) in [7, 11) is 1.58. The second-order valence-corrected chi connectivity index (χ2v) is 6.14. The third-order valence-corrected chi connectivity index (χ3v) is 4.35. The molecule has 0 radical (unpaired) electrons. The fourth-order valence-corrected chi connectivity index (χ4v) is 2.93. The Hall–Kier alpha value is -2.69. The minimum atomic E-state index is -0.630. The van der Waals surface area contributed by atoms with Crippen molar-refractivity contribution in [1.82, 2.24) is 0 Å². The van der Waals surface area contributed by atoms with Gasteiger partial charge in [0, 0.05) is 24.5 Å². The average molecular weight is 340 g/mol. The number of hydrogen-bond acceptors (Lipinski definition) is 4. The summed E-state index contributed by atoms with van der Waals surface area (Å²) >= 11 is 0. The van der Waals surface area contributed by atoms with Gasteiger partial charge in [-0.1, -0.05) is 12.1 Å². The molecule has 5 nitrogen and oxygen atoms in total. The number of nitrogens with zero attached hydrogens (tertiary/aromatic N) is 1. The molecule has 132 valence electrons. The maximum absolute atomic E-state index is 12.4. The second-order valence-electron chi connectivity index (χ2n) is 6.14. The number of methoxy groups -OCH3 is 1. The summed E-state index contributed by atoms with van der Waals surface area (Å²) in [6.07, 6.45) is 1.86. The van der Waals surface area contributed by atoms with Crippen molar-refractivity contribution in [2.45, 2.75) is 25.9 Å². The fourth-order valence-electron chi connectivity index (χ4n) is 2.93. The number of rotatable bonds is 6. The lowest BCUT2D eigenvalue weighted by Crippen LogP contribution is -2.30. The molecule has 1 heterocycles. The van der Waals surface area contributed by atoms with Crippen LogP contribution in [0.4, 0.5) is 11.4 Å². The van der Waals surface area contributed by atoms with Crippen LogP contribution in [0.3, 0.4) is 0 Å². The van der Waals surface area contributed by atoms with Crippen LogP contribution in [0.25, 0.3) is 0 Å². The van der Waals surface area contributed by atoms with Gasteiger partial charge in [0.25, 0.3) is 5.91 Å². The van der Waals surface area contributed by atoms with Crippen molar-refractivity contribution in [2.75, 3.05) is 30.4 Å². The smallest absolute Gasteiger partial charge is 0.265 e. The number of carbonyl (C=O) groups excluding carboxylic acids is 1. The highest BCUT2D eigenvalue weighted by molar-refractivity contribution is 5.94. The molecular weight excluding hydrogens is 316 g/mol. The third kappa shape index (κ3) is 4.24. The maximum Gasteiger partial charge on any atom is 0.265 e. The molecule has 1 N–H and O–H groups in total. The molecule has 1 fully saturated rings. The van der Waals surface area contributed by atoms with E-state index >= 15 is 0 Å². The highest BCUT2D eigenvalue weighted by Gasteiger charge is 2.17. The van der Waals surface area contributed by atoms with Crippen molar-refractivity contribution in [3.63, 3.8) is 0 Å². The molecule has 3 rings (SSSR count). The van der Waals surface area contributed by atoms with E-state index in [0.717, 1.165) is 18.8 Å². The van der Waals surface area contributed by atoms with E-state index in [2.05, 4.69) is 10.2 Å². The molecule has 2 aromatic carbocycles. The maximum atomic E-state index is 12.4. The first-order valence-corrected chi connectivity index (χ1v) is 8.63. The van der Waals surface area contributed by atoms with Gasteiger partial charge in [-0.15, -0.1) is 0 Å². The van der Waals surface area contributed by atoms with Crippen LogP contribution < -0.4 is 19.7 Å². The Morgan fingerprint density at radius 3 is 2.32 bits per heavy atom. The van der Waals surface area contributed by atoms with Gasteiger partial charge in [0.15, 0.2) is 17.6 Å². The van der Waals surface area contributed by atoms with Crippen molar-refractivity contribution in [3.05, 3.63) is 48.5 Å². The Morgan fingerprint density at radius 2 is 1.68 bits per heavy atom. The highest BCUT2D eigenvalue weighted by Crippen LogP contribution is 2.27. The lowest BCUT2D eigenvalue weighted by molar-refractivity contribution is -0.122. The predicted molar refractivity (Wildman–Crippen MR) is 99.6 cm³/mol. The fraction of sp³-hybridized carbons (Fsp3) is 0.350. The van der Waals surface area contributed by atoms with E-state index in [9.17, 15) is 4.79 Å². The zero-order chi connectivity index (χ0) is 17.6. The molecular formula is C20H24N2O3. The Labute approximate surface area is 148 Å². The SMILES string of the molecule is COc1ccccc1O[C@@H](C)C(=O)Nc1ccc(N2CCCC2)cc1. The van der Waals surface area contributed by atoms with E-state index < -0.39 is 6.10 Å². The van der Waals surface area contributed by atoms with Crippen LogP contribution in [0.5, 0.6) is 11.5 Å². The van der Waals surface area contributed by atoms with Gasteiger partial charge in [-0.2, -0.15) is 0 Å². The number of benzene rings is 2. The van der Waals surface area contributed by atoms with E-state index in [4.69, 9.17) is 9.47 Å². The molecule has 1 aliphatic heterocycles. The zero-order valence-electron chi connectivity index (χ0n) is 14.7. The third-order valence-electron chi connectivity index (χ3n) is 4.35. The second kappa shape index (κ2) is 7.92. The van der Waals surface area contributed by atoms with Gasteiger partial charge in [0.05, 0.1) is 7.11 Å². The Balaban J connectivity index is 1.59. The molecule has 0 bridgehead atoms. The highest BCUT2D eigenvalue weighted by atomic mass is 16.5. The van der Waals surface area contributed by atoms with Crippen LogP contribution in [-0.2, 0) is 4.79 Å². The Bertz CT molecular complexity index is 709. The van der Waals surface area contributed by atoms with Crippen LogP contribution in [0, 0.1) is 0 Å². The van der Waals surface area contributed by atoms with Crippen molar-refractivity contribution in [1.29, 1.82) is 0 Å². The minimum Gasteiger partial charge on any atom is -0.493 e. The molecule has 2 aromatic rings. The summed E-state index contributed by atoms with van der Waals surface area (Å²) < 4.78 is 11.0. The first kappa shape index (κ1) is 17.1. The molecule has 1 amide bonds. The molecule has 1 aliphatic rings. The Morgan fingerprint density at radius 1 is 1.04 bits per heavy atom. The van der Waals surface area contributed by atoms with E-state index in [0.29, 0.717) is 11.5 Å². The number of amides is 1. The van der Waals surface area contributed by atoms with Crippen molar-refractivity contribution in [2.24, 2.45) is 0 Å². The van der Waals surface area contributed by atoms with Gasteiger partial charge in [0.2, 0.25) is 0 Å². The first-order valence-electron chi connectivity index (χ1n) is 8.63. The van der Waals surface area contributed by atoms with Crippen molar-refractivity contribution in [3.8, 4) is 11.5 Å². The number of anilines is 2. The number of carbonyl (C=O) groups is 1. The Kier molecular flexibility index (Phi) is 5.43. The van der Waals surface area contributed by atoms with Crippen LogP contribution in [0.15, 0.2) is 48.5 Å². The monoisotopic (exact) mass is 340 g/mol. The van der Waals surface area contributed by atoms with E-state index in [1.54, 1.807) is 26.2 Å². The molecule has 0 aromatic heterocycles. The van der Waals surface area contributed by atoms with Crippen LogP contribution in [0.1, 0.15) is 19.8 Å². The van der Waals surface area contributed by atoms with E-state index in [1.165, 1.54) is 18.5 Å². The topological polar surface area (TPSA) is 50.8 Å². The van der Waals surface area contributed by atoms with E-state index in [1.807, 2.05) is 36.4 Å². The lowest BCUT2D eigenvalue weighted by atomic mass is 10.2. The molecule has 0 saturated carbocycles. The van der Waals surface area contributed by atoms with Gasteiger partial charge in [-0.3, -0.25) is 4.79 Å². The summed E-state index contributed by atoms with van der Waals surface area (Å²) in [5, 5.41) is 2.89. The molecule has 0 spiro atoms.